The molecule has 7 nitrogen and oxygen atoms in total. The van der Waals surface area contributed by atoms with Gasteiger partial charge in [-0.05, 0) is 26.8 Å². The number of halogens is 1. The van der Waals surface area contributed by atoms with Crippen molar-refractivity contribution in [3.05, 3.63) is 28.8 Å². The first-order valence-electron chi connectivity index (χ1n) is 5.90. The lowest BCUT2D eigenvalue weighted by Gasteiger charge is -2.14. The average molecular weight is 283 g/mol. The molecule has 8 heteroatoms. The highest BCUT2D eigenvalue weighted by atomic mass is 35.5. The summed E-state index contributed by atoms with van der Waals surface area (Å²) < 4.78 is 1.82. The molecule has 0 aliphatic rings. The first-order chi connectivity index (χ1) is 8.99. The molecule has 0 saturated carbocycles. The Hall–Kier alpha value is -1.89. The van der Waals surface area contributed by atoms with Crippen molar-refractivity contribution >= 4 is 17.5 Å². The van der Waals surface area contributed by atoms with Crippen molar-refractivity contribution in [2.45, 2.75) is 32.9 Å². The lowest BCUT2D eigenvalue weighted by molar-refractivity contribution is 0.0927. The number of aromatic nitrogens is 5. The summed E-state index contributed by atoms with van der Waals surface area (Å²) in [5.41, 5.74) is 0.510. The normalized spacial score (nSPS) is 12.7. The predicted molar refractivity (Wildman–Crippen MR) is 69.9 cm³/mol. The highest BCUT2D eigenvalue weighted by Crippen LogP contribution is 2.19. The molecule has 0 spiro atoms. The van der Waals surface area contributed by atoms with E-state index in [1.807, 2.05) is 18.4 Å². The fourth-order valence-corrected chi connectivity index (χ4v) is 1.95. The molecule has 0 aliphatic heterocycles. The van der Waals surface area contributed by atoms with E-state index in [2.05, 4.69) is 25.9 Å². The SMILES string of the molecule is CC(NC(=O)c1cc(Cl)cn1C(C)C)c1nn[nH]n1. The Morgan fingerprint density at radius 3 is 2.79 bits per heavy atom. The maximum Gasteiger partial charge on any atom is 0.268 e. The van der Waals surface area contributed by atoms with Crippen molar-refractivity contribution in [1.29, 1.82) is 0 Å². The van der Waals surface area contributed by atoms with Crippen LogP contribution >= 0.6 is 11.6 Å². The van der Waals surface area contributed by atoms with Crippen LogP contribution in [0.3, 0.4) is 0 Å². The van der Waals surface area contributed by atoms with Crippen LogP contribution in [0.1, 0.15) is 49.2 Å². The highest BCUT2D eigenvalue weighted by Gasteiger charge is 2.19. The molecule has 0 saturated heterocycles. The second-order valence-corrected chi connectivity index (χ2v) is 4.95. The molecule has 1 unspecified atom stereocenters. The highest BCUT2D eigenvalue weighted by molar-refractivity contribution is 6.31. The molecule has 0 bridgehead atoms. The van der Waals surface area contributed by atoms with E-state index in [1.165, 1.54) is 0 Å². The van der Waals surface area contributed by atoms with Crippen molar-refractivity contribution in [3.63, 3.8) is 0 Å². The minimum absolute atomic E-state index is 0.147. The fraction of sp³-hybridized carbons (Fsp3) is 0.455. The summed E-state index contributed by atoms with van der Waals surface area (Å²) in [5.74, 6) is 0.208. The Bertz CT molecular complexity index is 562. The molecule has 0 aliphatic carbocycles. The zero-order valence-electron chi connectivity index (χ0n) is 10.9. The summed E-state index contributed by atoms with van der Waals surface area (Å²) >= 11 is 5.95. The molecule has 0 aromatic carbocycles. The van der Waals surface area contributed by atoms with E-state index in [4.69, 9.17) is 11.6 Å². The van der Waals surface area contributed by atoms with E-state index in [-0.39, 0.29) is 18.0 Å². The van der Waals surface area contributed by atoms with Crippen molar-refractivity contribution in [1.82, 2.24) is 30.5 Å². The van der Waals surface area contributed by atoms with Crippen LogP contribution in [-0.4, -0.2) is 31.1 Å². The van der Waals surface area contributed by atoms with Gasteiger partial charge in [0.1, 0.15) is 5.69 Å². The van der Waals surface area contributed by atoms with Gasteiger partial charge in [0.15, 0.2) is 5.82 Å². The molecule has 2 aromatic rings. The smallest absolute Gasteiger partial charge is 0.268 e. The van der Waals surface area contributed by atoms with E-state index in [9.17, 15) is 4.79 Å². The monoisotopic (exact) mass is 282 g/mol. The van der Waals surface area contributed by atoms with Crippen LogP contribution in [0.4, 0.5) is 0 Å². The second-order valence-electron chi connectivity index (χ2n) is 4.51. The topological polar surface area (TPSA) is 88.5 Å². The molecule has 1 amide bonds. The molecular weight excluding hydrogens is 268 g/mol. The second kappa shape index (κ2) is 5.40. The van der Waals surface area contributed by atoms with E-state index in [0.29, 0.717) is 16.5 Å². The van der Waals surface area contributed by atoms with Crippen LogP contribution in [-0.2, 0) is 0 Å². The van der Waals surface area contributed by atoms with Gasteiger partial charge < -0.3 is 9.88 Å². The summed E-state index contributed by atoms with van der Waals surface area (Å²) in [7, 11) is 0. The summed E-state index contributed by atoms with van der Waals surface area (Å²) in [6.45, 7) is 5.75. The number of nitrogens with zero attached hydrogens (tertiary/aromatic N) is 4. The standard InChI is InChI=1S/C11H15ClN6O/c1-6(2)18-5-8(12)4-9(18)11(19)13-7(3)10-14-16-17-15-10/h4-7H,1-3H3,(H,13,19)(H,14,15,16,17). The quantitative estimate of drug-likeness (QED) is 0.894. The molecule has 2 rings (SSSR count). The number of carbonyl (C=O) groups is 1. The number of hydrogen-bond donors (Lipinski definition) is 2. The van der Waals surface area contributed by atoms with Gasteiger partial charge >= 0.3 is 0 Å². The van der Waals surface area contributed by atoms with Gasteiger partial charge in [0, 0.05) is 12.2 Å². The van der Waals surface area contributed by atoms with Crippen LogP contribution in [0.15, 0.2) is 12.3 Å². The van der Waals surface area contributed by atoms with Gasteiger partial charge in [0.25, 0.3) is 5.91 Å². The van der Waals surface area contributed by atoms with Crippen LogP contribution in [0, 0.1) is 0 Å². The van der Waals surface area contributed by atoms with Gasteiger partial charge in [-0.1, -0.05) is 16.8 Å². The Kier molecular flexibility index (Phi) is 3.84. The van der Waals surface area contributed by atoms with Crippen LogP contribution in [0.2, 0.25) is 5.02 Å². The number of hydrogen-bond acceptors (Lipinski definition) is 4. The molecule has 2 heterocycles. The first-order valence-corrected chi connectivity index (χ1v) is 6.28. The van der Waals surface area contributed by atoms with E-state index in [0.717, 1.165) is 0 Å². The summed E-state index contributed by atoms with van der Waals surface area (Å²) in [4.78, 5) is 12.2. The molecular formula is C11H15ClN6O. The molecule has 0 fully saturated rings. The van der Waals surface area contributed by atoms with Crippen LogP contribution < -0.4 is 5.32 Å². The van der Waals surface area contributed by atoms with Crippen LogP contribution in [0.5, 0.6) is 0 Å². The van der Waals surface area contributed by atoms with Crippen molar-refractivity contribution in [2.75, 3.05) is 0 Å². The molecule has 102 valence electrons. The van der Waals surface area contributed by atoms with E-state index >= 15 is 0 Å². The average Bonchev–Trinajstić information content (AvgIpc) is 2.96. The number of carbonyl (C=O) groups excluding carboxylic acids is 1. The predicted octanol–water partition coefficient (Wildman–Crippen LogP) is 1.73. The zero-order valence-corrected chi connectivity index (χ0v) is 11.6. The van der Waals surface area contributed by atoms with Gasteiger partial charge in [-0.15, -0.1) is 10.2 Å². The maximum atomic E-state index is 12.2. The lowest BCUT2D eigenvalue weighted by Crippen LogP contribution is -2.29. The summed E-state index contributed by atoms with van der Waals surface area (Å²) in [6, 6.07) is 1.45. The Morgan fingerprint density at radius 1 is 1.47 bits per heavy atom. The van der Waals surface area contributed by atoms with Crippen molar-refractivity contribution in [3.8, 4) is 0 Å². The Morgan fingerprint density at radius 2 is 2.21 bits per heavy atom. The number of amides is 1. The lowest BCUT2D eigenvalue weighted by atomic mass is 10.3. The first kappa shape index (κ1) is 13.5. The summed E-state index contributed by atoms with van der Waals surface area (Å²) in [6.07, 6.45) is 1.74. The third kappa shape index (κ3) is 2.93. The third-order valence-corrected chi connectivity index (χ3v) is 2.91. The number of nitrogens with one attached hydrogen (secondary N) is 2. The largest absolute Gasteiger partial charge is 0.341 e. The van der Waals surface area contributed by atoms with E-state index in [1.54, 1.807) is 19.2 Å². The molecule has 0 radical (unpaired) electrons. The number of tetrazole rings is 1. The van der Waals surface area contributed by atoms with Crippen molar-refractivity contribution in [2.24, 2.45) is 0 Å². The van der Waals surface area contributed by atoms with Gasteiger partial charge in [0.05, 0.1) is 11.1 Å². The van der Waals surface area contributed by atoms with Crippen molar-refractivity contribution < 1.29 is 4.79 Å². The van der Waals surface area contributed by atoms with Crippen LogP contribution in [0.25, 0.3) is 0 Å². The van der Waals surface area contributed by atoms with Gasteiger partial charge in [0.2, 0.25) is 0 Å². The Balaban J connectivity index is 2.16. The number of rotatable bonds is 4. The third-order valence-electron chi connectivity index (χ3n) is 2.70. The van der Waals surface area contributed by atoms with Gasteiger partial charge in [-0.25, -0.2) is 0 Å². The molecule has 19 heavy (non-hydrogen) atoms. The minimum atomic E-state index is -0.333. The van der Waals surface area contributed by atoms with E-state index < -0.39 is 0 Å². The number of aromatic amines is 1. The molecule has 2 aromatic heterocycles. The molecule has 1 atom stereocenters. The number of H-pyrrole nitrogens is 1. The minimum Gasteiger partial charge on any atom is -0.341 e. The Labute approximate surface area is 115 Å². The maximum absolute atomic E-state index is 12.2. The summed E-state index contributed by atoms with van der Waals surface area (Å²) in [5, 5.41) is 16.8. The fourth-order valence-electron chi connectivity index (χ4n) is 1.74. The molecule has 2 N–H and O–H groups in total. The van der Waals surface area contributed by atoms with Gasteiger partial charge in [-0.3, -0.25) is 4.79 Å². The van der Waals surface area contributed by atoms with Gasteiger partial charge in [-0.2, -0.15) is 5.21 Å². The zero-order chi connectivity index (χ0) is 14.0.